The number of hydrogen-bond acceptors (Lipinski definition) is 9. The average molecular weight is 692 g/mol. The number of phenols is 1. The third kappa shape index (κ3) is 9.23. The highest BCUT2D eigenvalue weighted by molar-refractivity contribution is 7.09. The zero-order valence-corrected chi connectivity index (χ0v) is 29.5. The maximum absolute atomic E-state index is 14.5. The standard InChI is InChI=1S/C36H45N5O7S/c1-7-11-27-21(2)36(47)48-23(4)34(45)41(6)30(19-25-14-16-26(42)17-15-25)35(46)40(5)29(18-24-12-9-8-10-13-24)32(44)37-22(3)33-39-28(20-49-33)31(43)38-27/h8-10,12-17,20-23,27,29-30,42H,7,11,18-19H2,1-6H3,(H,37,44)(H,38,43)/t21-,22+,23+,27?,29+,30+/m1/s1. The minimum absolute atomic E-state index is 0.0467. The first kappa shape index (κ1) is 37.0. The monoisotopic (exact) mass is 691 g/mol. The molecule has 0 aliphatic carbocycles. The number of thiazole rings is 1. The van der Waals surface area contributed by atoms with Crippen LogP contribution in [-0.2, 0) is 36.8 Å². The van der Waals surface area contributed by atoms with Crippen LogP contribution in [0.3, 0.4) is 0 Å². The number of carbonyl (C=O) groups excluding carboxylic acids is 5. The van der Waals surface area contributed by atoms with Crippen molar-refractivity contribution < 1.29 is 33.8 Å². The molecule has 0 saturated carbocycles. The van der Waals surface area contributed by atoms with Crippen molar-refractivity contribution in [3.8, 4) is 5.75 Å². The Kier molecular flexibility index (Phi) is 12.5. The Labute approximate surface area is 290 Å². The lowest BCUT2D eigenvalue weighted by molar-refractivity contribution is -0.164. The number of nitrogens with zero attached hydrogens (tertiary/aromatic N) is 3. The van der Waals surface area contributed by atoms with Crippen molar-refractivity contribution in [3.05, 3.63) is 81.8 Å². The van der Waals surface area contributed by atoms with Gasteiger partial charge in [-0.1, -0.05) is 55.8 Å². The topological polar surface area (TPSA) is 158 Å². The number of hydrogen-bond donors (Lipinski definition) is 3. The molecule has 3 N–H and O–H groups in total. The molecule has 0 saturated heterocycles. The number of rotatable bonds is 6. The summed E-state index contributed by atoms with van der Waals surface area (Å²) in [6.45, 7) is 6.75. The van der Waals surface area contributed by atoms with Gasteiger partial charge in [-0.15, -0.1) is 11.3 Å². The lowest BCUT2D eigenvalue weighted by Gasteiger charge is -2.35. The predicted molar refractivity (Wildman–Crippen MR) is 185 cm³/mol. The van der Waals surface area contributed by atoms with E-state index in [1.165, 1.54) is 54.3 Å². The van der Waals surface area contributed by atoms with Gasteiger partial charge in [0.15, 0.2) is 6.10 Å². The van der Waals surface area contributed by atoms with Gasteiger partial charge in [-0.25, -0.2) is 4.98 Å². The molecule has 12 nitrogen and oxygen atoms in total. The Morgan fingerprint density at radius 3 is 2.10 bits per heavy atom. The molecule has 262 valence electrons. The fraction of sp³-hybridized carbons (Fsp3) is 0.444. The Hall–Kier alpha value is -4.78. The van der Waals surface area contributed by atoms with E-state index in [1.807, 2.05) is 37.3 Å². The van der Waals surface area contributed by atoms with Crippen LogP contribution < -0.4 is 10.6 Å². The molecule has 4 rings (SSSR count). The van der Waals surface area contributed by atoms with Crippen LogP contribution in [0.15, 0.2) is 60.0 Å². The van der Waals surface area contributed by atoms with Gasteiger partial charge in [-0.2, -0.15) is 0 Å². The number of benzene rings is 2. The summed E-state index contributed by atoms with van der Waals surface area (Å²) in [5, 5.41) is 17.8. The van der Waals surface area contributed by atoms with Crippen molar-refractivity contribution in [2.75, 3.05) is 14.1 Å². The van der Waals surface area contributed by atoms with Gasteiger partial charge in [0.2, 0.25) is 11.8 Å². The van der Waals surface area contributed by atoms with Gasteiger partial charge in [0.25, 0.3) is 11.8 Å². The Morgan fingerprint density at radius 1 is 0.837 bits per heavy atom. The van der Waals surface area contributed by atoms with Crippen LogP contribution in [0.2, 0.25) is 0 Å². The normalized spacial score (nSPS) is 24.7. The second-order valence-corrected chi connectivity index (χ2v) is 13.4. The maximum Gasteiger partial charge on any atom is 0.311 e. The van der Waals surface area contributed by atoms with Crippen molar-refractivity contribution in [1.82, 2.24) is 25.4 Å². The van der Waals surface area contributed by atoms with E-state index in [-0.39, 0.29) is 24.3 Å². The number of aromatic nitrogens is 1. The third-order valence-corrected chi connectivity index (χ3v) is 9.90. The first-order valence-electron chi connectivity index (χ1n) is 16.4. The zero-order chi connectivity index (χ0) is 35.8. The summed E-state index contributed by atoms with van der Waals surface area (Å²) in [6, 6.07) is 12.3. The summed E-state index contributed by atoms with van der Waals surface area (Å²) in [5.74, 6) is -3.45. The molecule has 0 fully saturated rings. The minimum Gasteiger partial charge on any atom is -0.508 e. The van der Waals surface area contributed by atoms with E-state index < -0.39 is 65.8 Å². The molecule has 49 heavy (non-hydrogen) atoms. The van der Waals surface area contributed by atoms with Crippen LogP contribution >= 0.6 is 11.3 Å². The third-order valence-electron chi connectivity index (χ3n) is 8.87. The van der Waals surface area contributed by atoms with Crippen molar-refractivity contribution in [3.63, 3.8) is 0 Å². The van der Waals surface area contributed by atoms with Gasteiger partial charge in [0.1, 0.15) is 28.5 Å². The fourth-order valence-electron chi connectivity index (χ4n) is 5.78. The highest BCUT2D eigenvalue weighted by Crippen LogP contribution is 2.23. The lowest BCUT2D eigenvalue weighted by Crippen LogP contribution is -2.57. The van der Waals surface area contributed by atoms with E-state index in [9.17, 15) is 29.1 Å². The Balaban J connectivity index is 1.77. The van der Waals surface area contributed by atoms with Crippen LogP contribution in [-0.4, -0.2) is 87.8 Å². The number of cyclic esters (lactones) is 1. The van der Waals surface area contributed by atoms with Gasteiger partial charge in [-0.3, -0.25) is 24.0 Å². The van der Waals surface area contributed by atoms with Gasteiger partial charge in [0, 0.05) is 38.4 Å². The number of phenolic OH excluding ortho intramolecular Hbond substituents is 1. The van der Waals surface area contributed by atoms with E-state index in [2.05, 4.69) is 15.6 Å². The molecule has 1 unspecified atom stereocenters. The second kappa shape index (κ2) is 16.6. The first-order valence-corrected chi connectivity index (χ1v) is 17.3. The summed E-state index contributed by atoms with van der Waals surface area (Å²) < 4.78 is 5.64. The summed E-state index contributed by atoms with van der Waals surface area (Å²) in [6.07, 6.45) is 0.133. The van der Waals surface area contributed by atoms with Crippen LogP contribution in [0.1, 0.15) is 73.2 Å². The SMILES string of the molecule is CCCC1NC(=O)c2csc(n2)[C@H](C)NC(=O)[C@H](Cc2ccccc2)N(C)C(=O)[C@H](Cc2ccc(O)cc2)N(C)C(=O)[C@H](C)OC(=O)[C@@H]1C. The molecule has 13 heteroatoms. The molecular weight excluding hydrogens is 646 g/mol. The zero-order valence-electron chi connectivity index (χ0n) is 28.7. The van der Waals surface area contributed by atoms with E-state index in [4.69, 9.17) is 4.74 Å². The number of ether oxygens (including phenoxy) is 1. The summed E-state index contributed by atoms with van der Waals surface area (Å²) in [5.41, 5.74) is 1.63. The average Bonchev–Trinajstić information content (AvgIpc) is 3.59. The lowest BCUT2D eigenvalue weighted by atomic mass is 9.97. The molecule has 2 heterocycles. The largest absolute Gasteiger partial charge is 0.508 e. The number of esters is 1. The molecule has 4 amide bonds. The highest BCUT2D eigenvalue weighted by atomic mass is 32.1. The van der Waals surface area contributed by atoms with Crippen LogP contribution in [0.4, 0.5) is 0 Å². The van der Waals surface area contributed by atoms with Crippen molar-refractivity contribution >= 4 is 40.9 Å². The molecular formula is C36H45N5O7S. The predicted octanol–water partition coefficient (Wildman–Crippen LogP) is 3.65. The number of nitrogens with one attached hydrogen (secondary N) is 2. The molecule has 1 aromatic heterocycles. The number of fused-ring (bicyclic) bond motifs is 2. The van der Waals surface area contributed by atoms with E-state index in [0.29, 0.717) is 23.4 Å². The molecule has 1 aliphatic rings. The molecule has 2 aromatic carbocycles. The van der Waals surface area contributed by atoms with E-state index in [0.717, 1.165) is 5.56 Å². The number of amides is 4. The van der Waals surface area contributed by atoms with Crippen LogP contribution in [0.5, 0.6) is 5.75 Å². The Morgan fingerprint density at radius 2 is 1.45 bits per heavy atom. The van der Waals surface area contributed by atoms with Gasteiger partial charge >= 0.3 is 5.97 Å². The number of likely N-dealkylation sites (N-methyl/N-ethyl adjacent to an activating group) is 2. The summed E-state index contributed by atoms with van der Waals surface area (Å²) >= 11 is 1.22. The quantitative estimate of drug-likeness (QED) is 0.331. The second-order valence-electron chi connectivity index (χ2n) is 12.5. The van der Waals surface area contributed by atoms with Crippen LogP contribution in [0.25, 0.3) is 0 Å². The highest BCUT2D eigenvalue weighted by Gasteiger charge is 2.38. The van der Waals surface area contributed by atoms with Crippen molar-refractivity contribution in [2.24, 2.45) is 5.92 Å². The fourth-order valence-corrected chi connectivity index (χ4v) is 6.58. The summed E-state index contributed by atoms with van der Waals surface area (Å²) in [7, 11) is 2.99. The van der Waals surface area contributed by atoms with Crippen molar-refractivity contribution in [2.45, 2.75) is 83.6 Å². The molecule has 6 atom stereocenters. The molecule has 2 bridgehead atoms. The molecule has 3 aromatic rings. The summed E-state index contributed by atoms with van der Waals surface area (Å²) in [4.78, 5) is 76.0. The number of carbonyl (C=O) groups is 5. The van der Waals surface area contributed by atoms with Gasteiger partial charge < -0.3 is 30.3 Å². The maximum atomic E-state index is 14.5. The van der Waals surface area contributed by atoms with Gasteiger partial charge in [-0.05, 0) is 50.5 Å². The van der Waals surface area contributed by atoms with Gasteiger partial charge in [0.05, 0.1) is 12.0 Å². The number of aromatic hydroxyl groups is 1. The molecule has 1 aliphatic heterocycles. The Bertz CT molecular complexity index is 1630. The van der Waals surface area contributed by atoms with E-state index in [1.54, 1.807) is 31.4 Å². The minimum atomic E-state index is -1.26. The first-order chi connectivity index (χ1) is 23.3. The van der Waals surface area contributed by atoms with E-state index >= 15 is 0 Å². The molecule has 0 spiro atoms. The molecule has 0 radical (unpaired) electrons. The van der Waals surface area contributed by atoms with Crippen LogP contribution in [0, 0.1) is 5.92 Å². The smallest absolute Gasteiger partial charge is 0.311 e. The van der Waals surface area contributed by atoms with Crippen molar-refractivity contribution in [1.29, 1.82) is 0 Å².